The highest BCUT2D eigenvalue weighted by Crippen LogP contribution is 2.44. The zero-order chi connectivity index (χ0) is 17.3. The third-order valence-electron chi connectivity index (χ3n) is 3.69. The lowest BCUT2D eigenvalue weighted by atomic mass is 9.87. The van der Waals surface area contributed by atoms with Crippen LogP contribution in [0, 0.1) is 0 Å². The Labute approximate surface area is 140 Å². The maximum atomic E-state index is 11.9. The molecule has 0 aromatic heterocycles. The molecular weight excluding hydrogens is 311 g/mol. The highest BCUT2D eigenvalue weighted by molar-refractivity contribution is 7.47. The molecule has 23 heavy (non-hydrogen) atoms. The monoisotopic (exact) mass is 342 g/mol. The largest absolute Gasteiger partial charge is 0.527 e. The zero-order valence-electron chi connectivity index (χ0n) is 14.9. The fourth-order valence-corrected chi connectivity index (χ4v) is 3.04. The number of benzene rings is 1. The van der Waals surface area contributed by atoms with E-state index in [9.17, 15) is 9.46 Å². The lowest BCUT2D eigenvalue weighted by Gasteiger charge is -2.19. The van der Waals surface area contributed by atoms with Crippen LogP contribution >= 0.6 is 7.82 Å². The molecule has 1 aromatic rings. The van der Waals surface area contributed by atoms with Gasteiger partial charge >= 0.3 is 7.82 Å². The van der Waals surface area contributed by atoms with Crippen molar-refractivity contribution in [3.05, 3.63) is 29.8 Å². The van der Waals surface area contributed by atoms with E-state index in [0.29, 0.717) is 5.75 Å². The number of unbranched alkanes of at least 4 members (excludes halogenated alkanes) is 5. The van der Waals surface area contributed by atoms with Crippen molar-refractivity contribution in [2.75, 3.05) is 6.61 Å². The van der Waals surface area contributed by atoms with Gasteiger partial charge in [-0.25, -0.2) is 4.57 Å². The van der Waals surface area contributed by atoms with Crippen molar-refractivity contribution in [2.45, 2.75) is 71.6 Å². The second kappa shape index (κ2) is 9.46. The van der Waals surface area contributed by atoms with Crippen LogP contribution in [0.3, 0.4) is 0 Å². The fourth-order valence-electron chi connectivity index (χ4n) is 2.24. The minimum atomic E-state index is -4.03. The first-order valence-electron chi connectivity index (χ1n) is 8.52. The van der Waals surface area contributed by atoms with Gasteiger partial charge in [0.05, 0.1) is 6.61 Å². The maximum absolute atomic E-state index is 11.9. The molecule has 0 amide bonds. The minimum Gasteiger partial charge on any atom is -0.404 e. The summed E-state index contributed by atoms with van der Waals surface area (Å²) in [6, 6.07) is 7.22. The van der Waals surface area contributed by atoms with Crippen molar-refractivity contribution >= 4 is 7.82 Å². The van der Waals surface area contributed by atoms with Gasteiger partial charge in [-0.2, -0.15) is 0 Å². The van der Waals surface area contributed by atoms with Crippen LogP contribution in [0.25, 0.3) is 0 Å². The van der Waals surface area contributed by atoms with Crippen molar-refractivity contribution < 1.29 is 18.5 Å². The molecule has 0 saturated carbocycles. The summed E-state index contributed by atoms with van der Waals surface area (Å²) in [4.78, 5) is 9.75. The molecule has 132 valence electrons. The van der Waals surface area contributed by atoms with Crippen molar-refractivity contribution in [3.8, 4) is 5.75 Å². The van der Waals surface area contributed by atoms with Gasteiger partial charge in [-0.1, -0.05) is 71.9 Å². The Bertz CT molecular complexity index is 491. The van der Waals surface area contributed by atoms with Gasteiger partial charge in [0.2, 0.25) is 0 Å². The van der Waals surface area contributed by atoms with Crippen LogP contribution in [0.1, 0.15) is 71.8 Å². The second-order valence-electron chi connectivity index (χ2n) is 6.94. The summed E-state index contributed by atoms with van der Waals surface area (Å²) in [7, 11) is -4.03. The van der Waals surface area contributed by atoms with Crippen LogP contribution in [-0.4, -0.2) is 11.5 Å². The van der Waals surface area contributed by atoms with Crippen molar-refractivity contribution in [3.63, 3.8) is 0 Å². The highest BCUT2D eigenvalue weighted by atomic mass is 31.2. The predicted molar refractivity (Wildman–Crippen MR) is 94.9 cm³/mol. The van der Waals surface area contributed by atoms with E-state index in [1.54, 1.807) is 12.1 Å². The van der Waals surface area contributed by atoms with Crippen molar-refractivity contribution in [1.82, 2.24) is 0 Å². The van der Waals surface area contributed by atoms with Gasteiger partial charge in [0.25, 0.3) is 0 Å². The lowest BCUT2D eigenvalue weighted by molar-refractivity contribution is 0.199. The normalized spacial score (nSPS) is 14.5. The quantitative estimate of drug-likeness (QED) is 0.428. The number of hydrogen-bond donors (Lipinski definition) is 1. The van der Waals surface area contributed by atoms with Crippen LogP contribution < -0.4 is 4.52 Å². The molecular formula is C18H31O4P. The molecule has 5 heteroatoms. The van der Waals surface area contributed by atoms with E-state index in [0.717, 1.165) is 24.8 Å². The average molecular weight is 342 g/mol. The Hall–Kier alpha value is -0.830. The average Bonchev–Trinajstić information content (AvgIpc) is 2.45. The van der Waals surface area contributed by atoms with E-state index in [4.69, 9.17) is 9.05 Å². The van der Waals surface area contributed by atoms with Gasteiger partial charge in [0, 0.05) is 0 Å². The Morgan fingerprint density at radius 2 is 1.57 bits per heavy atom. The zero-order valence-corrected chi connectivity index (χ0v) is 15.8. The molecule has 0 heterocycles. The van der Waals surface area contributed by atoms with E-state index in [-0.39, 0.29) is 12.0 Å². The van der Waals surface area contributed by atoms with Gasteiger partial charge in [0.15, 0.2) is 0 Å². The Kier molecular flexibility index (Phi) is 8.32. The Balaban J connectivity index is 2.35. The summed E-state index contributed by atoms with van der Waals surface area (Å²) in [5.74, 6) is 0.353. The third kappa shape index (κ3) is 8.55. The minimum absolute atomic E-state index is 0.0374. The Morgan fingerprint density at radius 3 is 2.13 bits per heavy atom. The molecule has 1 atom stereocenters. The molecule has 0 saturated heterocycles. The summed E-state index contributed by atoms with van der Waals surface area (Å²) in [5.41, 5.74) is 1.18. The smallest absolute Gasteiger partial charge is 0.404 e. The standard InChI is InChI=1S/C18H31O4P/c1-5-6-7-8-9-10-15-21-23(19,20)22-17-13-11-16(12-14-17)18(2,3)4/h11-14H,5-10,15H2,1-4H3,(H,19,20). The molecule has 0 aliphatic carbocycles. The molecule has 1 N–H and O–H groups in total. The third-order valence-corrected chi connectivity index (χ3v) is 4.64. The van der Waals surface area contributed by atoms with E-state index in [1.165, 1.54) is 19.3 Å². The fraction of sp³-hybridized carbons (Fsp3) is 0.667. The van der Waals surface area contributed by atoms with Gasteiger partial charge in [-0.15, -0.1) is 0 Å². The van der Waals surface area contributed by atoms with Crippen LogP contribution in [0.5, 0.6) is 5.75 Å². The molecule has 0 aliphatic rings. The molecule has 0 radical (unpaired) electrons. The molecule has 0 spiro atoms. The summed E-state index contributed by atoms with van der Waals surface area (Å²) in [6.45, 7) is 8.77. The first kappa shape index (κ1) is 20.2. The SMILES string of the molecule is CCCCCCCCOP(=O)(O)Oc1ccc(C(C)(C)C)cc1. The van der Waals surface area contributed by atoms with E-state index >= 15 is 0 Å². The highest BCUT2D eigenvalue weighted by Gasteiger charge is 2.23. The van der Waals surface area contributed by atoms with E-state index < -0.39 is 7.82 Å². The molecule has 1 unspecified atom stereocenters. The maximum Gasteiger partial charge on any atom is 0.527 e. The Morgan fingerprint density at radius 1 is 1.00 bits per heavy atom. The first-order valence-corrected chi connectivity index (χ1v) is 10.0. The number of rotatable bonds is 10. The first-order chi connectivity index (χ1) is 10.7. The van der Waals surface area contributed by atoms with Crippen molar-refractivity contribution in [1.29, 1.82) is 0 Å². The topological polar surface area (TPSA) is 55.8 Å². The molecule has 0 bridgehead atoms. The van der Waals surface area contributed by atoms with Crippen LogP contribution in [0.2, 0.25) is 0 Å². The molecule has 4 nitrogen and oxygen atoms in total. The second-order valence-corrected chi connectivity index (χ2v) is 8.31. The number of hydrogen-bond acceptors (Lipinski definition) is 3. The van der Waals surface area contributed by atoms with Gasteiger partial charge in [-0.3, -0.25) is 9.42 Å². The molecule has 0 fully saturated rings. The van der Waals surface area contributed by atoms with E-state index in [1.807, 2.05) is 12.1 Å². The predicted octanol–water partition coefficient (Wildman–Crippen LogP) is 5.84. The molecule has 0 aliphatic heterocycles. The summed E-state index contributed by atoms with van der Waals surface area (Å²) in [5, 5.41) is 0. The van der Waals surface area contributed by atoms with E-state index in [2.05, 4.69) is 27.7 Å². The summed E-state index contributed by atoms with van der Waals surface area (Å²) < 4.78 is 22.0. The summed E-state index contributed by atoms with van der Waals surface area (Å²) in [6.07, 6.45) is 6.60. The number of phosphoric acid groups is 1. The van der Waals surface area contributed by atoms with Gasteiger partial charge in [0.1, 0.15) is 5.75 Å². The molecule has 1 rings (SSSR count). The van der Waals surface area contributed by atoms with Gasteiger partial charge in [-0.05, 0) is 29.5 Å². The van der Waals surface area contributed by atoms with Gasteiger partial charge < -0.3 is 4.52 Å². The van der Waals surface area contributed by atoms with Crippen LogP contribution in [-0.2, 0) is 14.5 Å². The molecule has 1 aromatic carbocycles. The van der Waals surface area contributed by atoms with Crippen molar-refractivity contribution in [2.24, 2.45) is 0 Å². The summed E-state index contributed by atoms with van der Waals surface area (Å²) >= 11 is 0. The lowest BCUT2D eigenvalue weighted by Crippen LogP contribution is -2.10. The van der Waals surface area contributed by atoms with Crippen LogP contribution in [0.15, 0.2) is 24.3 Å². The number of phosphoric ester groups is 1. The van der Waals surface area contributed by atoms with Crippen LogP contribution in [0.4, 0.5) is 0 Å².